The van der Waals surface area contributed by atoms with Crippen molar-refractivity contribution >= 4 is 38.8 Å². The molecule has 104 valence electrons. The van der Waals surface area contributed by atoms with Gasteiger partial charge in [0.05, 0.1) is 12.2 Å². The standard InChI is InChI=1S/C15H16BrN3S/c1-2-10-5-4-8-18-13(10)9-19-12-7-3-6-11(16)14(12)15(17)20/h3-8,19H,2,9H2,1H3,(H2,17,20). The van der Waals surface area contributed by atoms with Crippen LogP contribution in [0.1, 0.15) is 23.7 Å². The van der Waals surface area contributed by atoms with E-state index in [-0.39, 0.29) is 0 Å². The van der Waals surface area contributed by atoms with Crippen molar-refractivity contribution in [1.29, 1.82) is 0 Å². The summed E-state index contributed by atoms with van der Waals surface area (Å²) in [6, 6.07) is 9.90. The molecule has 0 aliphatic rings. The van der Waals surface area contributed by atoms with Gasteiger partial charge < -0.3 is 11.1 Å². The minimum atomic E-state index is 0.372. The predicted molar refractivity (Wildman–Crippen MR) is 91.0 cm³/mol. The number of anilines is 1. The lowest BCUT2D eigenvalue weighted by Crippen LogP contribution is -2.14. The van der Waals surface area contributed by atoms with Crippen LogP contribution in [0.15, 0.2) is 41.0 Å². The highest BCUT2D eigenvalue weighted by Gasteiger charge is 2.10. The fourth-order valence-electron chi connectivity index (χ4n) is 2.05. The van der Waals surface area contributed by atoms with E-state index < -0.39 is 0 Å². The summed E-state index contributed by atoms with van der Waals surface area (Å²) in [5.41, 5.74) is 9.82. The van der Waals surface area contributed by atoms with Gasteiger partial charge in [0.25, 0.3) is 0 Å². The molecule has 0 atom stereocenters. The highest BCUT2D eigenvalue weighted by atomic mass is 79.9. The zero-order valence-corrected chi connectivity index (χ0v) is 13.6. The van der Waals surface area contributed by atoms with Crippen molar-refractivity contribution in [1.82, 2.24) is 4.98 Å². The van der Waals surface area contributed by atoms with Crippen molar-refractivity contribution in [2.24, 2.45) is 5.73 Å². The van der Waals surface area contributed by atoms with Crippen LogP contribution in [-0.4, -0.2) is 9.97 Å². The smallest absolute Gasteiger partial charge is 0.107 e. The first-order valence-electron chi connectivity index (χ1n) is 6.38. The van der Waals surface area contributed by atoms with Crippen LogP contribution in [0.3, 0.4) is 0 Å². The number of halogens is 1. The second-order valence-corrected chi connectivity index (χ2v) is 5.64. The van der Waals surface area contributed by atoms with Crippen molar-refractivity contribution in [2.75, 3.05) is 5.32 Å². The largest absolute Gasteiger partial charge is 0.389 e. The molecule has 1 aromatic heterocycles. The molecule has 1 heterocycles. The van der Waals surface area contributed by atoms with Gasteiger partial charge in [-0.1, -0.05) is 31.3 Å². The maximum atomic E-state index is 5.79. The highest BCUT2D eigenvalue weighted by molar-refractivity contribution is 9.10. The van der Waals surface area contributed by atoms with Crippen LogP contribution in [0.5, 0.6) is 0 Å². The zero-order valence-electron chi connectivity index (χ0n) is 11.2. The molecule has 2 rings (SSSR count). The number of hydrogen-bond acceptors (Lipinski definition) is 3. The maximum absolute atomic E-state index is 5.79. The van der Waals surface area contributed by atoms with E-state index in [1.54, 1.807) is 0 Å². The molecule has 3 nitrogen and oxygen atoms in total. The molecule has 0 saturated carbocycles. The summed E-state index contributed by atoms with van der Waals surface area (Å²) in [6.45, 7) is 2.77. The predicted octanol–water partition coefficient (Wildman–Crippen LogP) is 3.65. The van der Waals surface area contributed by atoms with E-state index >= 15 is 0 Å². The van der Waals surface area contributed by atoms with E-state index in [1.807, 2.05) is 30.5 Å². The Morgan fingerprint density at radius 3 is 2.85 bits per heavy atom. The fourth-order valence-corrected chi connectivity index (χ4v) is 2.98. The Morgan fingerprint density at radius 1 is 1.35 bits per heavy atom. The summed E-state index contributed by atoms with van der Waals surface area (Å²) < 4.78 is 0.895. The normalized spacial score (nSPS) is 10.3. The first-order chi connectivity index (χ1) is 9.63. The summed E-state index contributed by atoms with van der Waals surface area (Å²) in [5, 5.41) is 3.37. The summed E-state index contributed by atoms with van der Waals surface area (Å²) in [6.07, 6.45) is 2.77. The molecule has 0 spiro atoms. The molecular weight excluding hydrogens is 334 g/mol. The lowest BCUT2D eigenvalue weighted by molar-refractivity contribution is 0.971. The van der Waals surface area contributed by atoms with Gasteiger partial charge in [-0.15, -0.1) is 0 Å². The van der Waals surface area contributed by atoms with E-state index in [0.29, 0.717) is 11.5 Å². The third kappa shape index (κ3) is 3.35. The second-order valence-electron chi connectivity index (χ2n) is 4.34. The van der Waals surface area contributed by atoms with Gasteiger partial charge in [0.1, 0.15) is 4.99 Å². The van der Waals surface area contributed by atoms with Gasteiger partial charge in [-0.05, 0) is 46.1 Å². The number of rotatable bonds is 5. The Morgan fingerprint density at radius 2 is 2.15 bits per heavy atom. The SMILES string of the molecule is CCc1cccnc1CNc1cccc(Br)c1C(N)=S. The molecular formula is C15H16BrN3S. The van der Waals surface area contributed by atoms with Gasteiger partial charge in [0.15, 0.2) is 0 Å². The van der Waals surface area contributed by atoms with E-state index in [2.05, 4.69) is 39.2 Å². The van der Waals surface area contributed by atoms with Gasteiger partial charge in [0, 0.05) is 21.9 Å². The van der Waals surface area contributed by atoms with Crippen molar-refractivity contribution in [3.63, 3.8) is 0 Å². The maximum Gasteiger partial charge on any atom is 0.107 e. The third-order valence-electron chi connectivity index (χ3n) is 3.07. The number of pyridine rings is 1. The summed E-state index contributed by atoms with van der Waals surface area (Å²) >= 11 is 8.59. The van der Waals surface area contributed by atoms with Crippen molar-refractivity contribution in [2.45, 2.75) is 19.9 Å². The van der Waals surface area contributed by atoms with Gasteiger partial charge in [-0.3, -0.25) is 4.98 Å². The number of aromatic nitrogens is 1. The van der Waals surface area contributed by atoms with Crippen LogP contribution >= 0.6 is 28.1 Å². The van der Waals surface area contributed by atoms with Crippen LogP contribution in [0.25, 0.3) is 0 Å². The third-order valence-corrected chi connectivity index (χ3v) is 3.94. The minimum absolute atomic E-state index is 0.372. The van der Waals surface area contributed by atoms with Crippen molar-refractivity contribution in [3.05, 3.63) is 57.8 Å². The first-order valence-corrected chi connectivity index (χ1v) is 7.58. The Bertz CT molecular complexity index is 628. The number of nitrogens with one attached hydrogen (secondary N) is 1. The second kappa shape index (κ2) is 6.81. The average Bonchev–Trinajstić information content (AvgIpc) is 2.45. The van der Waals surface area contributed by atoms with Gasteiger partial charge in [-0.25, -0.2) is 0 Å². The molecule has 0 fully saturated rings. The van der Waals surface area contributed by atoms with Crippen molar-refractivity contribution < 1.29 is 0 Å². The molecule has 0 bridgehead atoms. The fraction of sp³-hybridized carbons (Fsp3) is 0.200. The summed E-state index contributed by atoms with van der Waals surface area (Å²) in [5.74, 6) is 0. The molecule has 0 amide bonds. The monoisotopic (exact) mass is 349 g/mol. The average molecular weight is 350 g/mol. The minimum Gasteiger partial charge on any atom is -0.389 e. The lowest BCUT2D eigenvalue weighted by Gasteiger charge is -2.13. The topological polar surface area (TPSA) is 50.9 Å². The number of hydrogen-bond donors (Lipinski definition) is 2. The van der Waals surface area contributed by atoms with E-state index in [1.165, 1.54) is 5.56 Å². The number of thiocarbonyl (C=S) groups is 1. The molecule has 0 saturated heterocycles. The zero-order chi connectivity index (χ0) is 14.5. The van der Waals surface area contributed by atoms with E-state index in [9.17, 15) is 0 Å². The van der Waals surface area contributed by atoms with Crippen LogP contribution in [0.2, 0.25) is 0 Å². The summed E-state index contributed by atoms with van der Waals surface area (Å²) in [4.78, 5) is 4.80. The Kier molecular flexibility index (Phi) is 5.09. The number of nitrogens with two attached hydrogens (primary N) is 1. The molecule has 0 aliphatic heterocycles. The summed E-state index contributed by atoms with van der Waals surface area (Å²) in [7, 11) is 0. The van der Waals surface area contributed by atoms with Crippen LogP contribution in [-0.2, 0) is 13.0 Å². The Balaban J connectivity index is 2.23. The van der Waals surface area contributed by atoms with Crippen LogP contribution in [0, 0.1) is 0 Å². The number of nitrogens with zero attached hydrogens (tertiary/aromatic N) is 1. The van der Waals surface area contributed by atoms with Crippen molar-refractivity contribution in [3.8, 4) is 0 Å². The van der Waals surface area contributed by atoms with Gasteiger partial charge >= 0.3 is 0 Å². The highest BCUT2D eigenvalue weighted by Crippen LogP contribution is 2.25. The lowest BCUT2D eigenvalue weighted by atomic mass is 10.1. The Hall–Kier alpha value is -1.46. The van der Waals surface area contributed by atoms with E-state index in [0.717, 1.165) is 27.8 Å². The number of benzene rings is 1. The molecule has 20 heavy (non-hydrogen) atoms. The molecule has 3 N–H and O–H groups in total. The van der Waals surface area contributed by atoms with Gasteiger partial charge in [-0.2, -0.15) is 0 Å². The van der Waals surface area contributed by atoms with Gasteiger partial charge in [0.2, 0.25) is 0 Å². The quantitative estimate of drug-likeness (QED) is 0.809. The van der Waals surface area contributed by atoms with E-state index in [4.69, 9.17) is 18.0 Å². The van der Waals surface area contributed by atoms with Crippen LogP contribution in [0.4, 0.5) is 5.69 Å². The molecule has 2 aromatic rings. The Labute approximate surface area is 132 Å². The molecule has 0 aliphatic carbocycles. The molecule has 5 heteroatoms. The molecule has 0 unspecified atom stereocenters. The van der Waals surface area contributed by atoms with Crippen LogP contribution < -0.4 is 11.1 Å². The molecule has 0 radical (unpaired) electrons. The first kappa shape index (κ1) is 14.9. The molecule has 1 aromatic carbocycles. The number of aryl methyl sites for hydroxylation is 1.